The molecule has 0 radical (unpaired) electrons. The molecule has 2 unspecified atom stereocenters. The van der Waals surface area contributed by atoms with Crippen LogP contribution in [0.25, 0.3) is 21.3 Å². The largest absolute Gasteiger partial charge is 0.479 e. The second-order valence-corrected chi connectivity index (χ2v) is 28.4. The first-order valence-corrected chi connectivity index (χ1v) is 33.2. The number of anilines is 2. The number of hydrogen-bond acceptors (Lipinski definition) is 20. The van der Waals surface area contributed by atoms with Crippen LogP contribution in [0.3, 0.4) is 0 Å². The first-order valence-electron chi connectivity index (χ1n) is 32.4. The minimum atomic E-state index is -1.99. The molecule has 0 spiro atoms. The standard InChI is InChI=1S/C69H78N10O17S/c1-39-45(43-16-17-51(74-55(43)61(88)89)77-23-20-41-10-8-11-44(46(41)29-77)60(87)75-64-73-47-12-4-5-13-49(47)97-64)28-72-79(39)38-68-33-66(2)32-67(3,34-68)36-69(35-66,37-68)94-26-25-76(24-21-50(70)80)65(92)93-31-42-15-14-40(9-6-7-22-71-52(81)30-78-53(82)18-19-54(78)83)27-48(42)95-63-58(86)56(84)57(85)59(96-63)62(90)91/h4-5,8,10-19,27-28,56-59,63,84-86H,6-7,9,20-26,29-38H2,1-3H3,(H2,70,80)(H,71,81)(H,88,89)(H,90,91)(H,73,75,87)/t56-,57-,58+,59-,63+,66?,67?,68?,69?/m0/s1. The number of primary amides is 1. The predicted octanol–water partition coefficient (Wildman–Crippen LogP) is 5.66. The number of aliphatic carboxylic acids is 1. The Balaban J connectivity index is 0.705. The number of nitrogens with zero attached hydrogens (tertiary/aromatic N) is 7. The molecule has 6 aromatic rings. The van der Waals surface area contributed by atoms with E-state index in [1.807, 2.05) is 59.0 Å². The first kappa shape index (κ1) is 67.8. The molecule has 6 amide bonds. The molecule has 4 aliphatic carbocycles. The highest BCUT2D eigenvalue weighted by Gasteiger charge is 2.66. The number of carbonyl (C=O) groups is 8. The summed E-state index contributed by atoms with van der Waals surface area (Å²) in [5.74, 6) is -4.99. The fourth-order valence-electron chi connectivity index (χ4n) is 16.3. The van der Waals surface area contributed by atoms with Crippen LogP contribution < -0.4 is 26.0 Å². The van der Waals surface area contributed by atoms with E-state index in [1.54, 1.807) is 36.5 Å². The summed E-state index contributed by atoms with van der Waals surface area (Å²) in [6.07, 6.45) is 0.232. The maximum atomic E-state index is 14.2. The molecule has 6 heterocycles. The van der Waals surface area contributed by atoms with Crippen LogP contribution in [0.2, 0.25) is 0 Å². The van der Waals surface area contributed by atoms with Gasteiger partial charge in [-0.05, 0) is 140 Å². The van der Waals surface area contributed by atoms with Gasteiger partial charge in [0, 0.05) is 85.8 Å². The Kier molecular flexibility index (Phi) is 19.1. The Morgan fingerprint density at radius 2 is 1.61 bits per heavy atom. The number of nitrogens with one attached hydrogen (secondary N) is 2. The zero-order chi connectivity index (χ0) is 68.7. The predicted molar refractivity (Wildman–Crippen MR) is 350 cm³/mol. The van der Waals surface area contributed by atoms with E-state index >= 15 is 0 Å². The molecule has 4 bridgehead atoms. The van der Waals surface area contributed by atoms with Crippen molar-refractivity contribution in [1.82, 2.24) is 34.9 Å². The number of thiazole rings is 1. The Labute approximate surface area is 561 Å². The molecular weight excluding hydrogens is 1270 g/mol. The van der Waals surface area contributed by atoms with Crippen molar-refractivity contribution in [3.63, 3.8) is 0 Å². The van der Waals surface area contributed by atoms with Crippen LogP contribution in [0.15, 0.2) is 91.1 Å². The van der Waals surface area contributed by atoms with E-state index in [0.717, 1.165) is 76.2 Å². The minimum Gasteiger partial charge on any atom is -0.479 e. The third kappa shape index (κ3) is 14.6. The number of nitrogens with two attached hydrogens (primary N) is 1. The van der Waals surface area contributed by atoms with Gasteiger partial charge in [-0.25, -0.2) is 24.4 Å². The number of hydrogen-bond donors (Lipinski definition) is 8. The molecule has 3 aromatic heterocycles. The number of unbranched alkanes of at least 4 members (excludes halogenated alkanes) is 1. The van der Waals surface area contributed by atoms with Crippen molar-refractivity contribution in [1.29, 1.82) is 0 Å². The lowest BCUT2D eigenvalue weighted by molar-refractivity contribution is -0.271. The molecule has 3 aliphatic heterocycles. The molecule has 1 saturated heterocycles. The number of aryl methyl sites for hydroxylation is 1. The summed E-state index contributed by atoms with van der Waals surface area (Å²) in [5.41, 5.74) is 10.3. The van der Waals surface area contributed by atoms with Gasteiger partial charge in [-0.1, -0.05) is 61.6 Å². The lowest BCUT2D eigenvalue weighted by atomic mass is 9.39. The summed E-state index contributed by atoms with van der Waals surface area (Å²) in [4.78, 5) is 115. The van der Waals surface area contributed by atoms with Crippen LogP contribution in [0, 0.1) is 23.2 Å². The number of aromatic nitrogens is 4. The van der Waals surface area contributed by atoms with Crippen molar-refractivity contribution in [2.75, 3.05) is 49.5 Å². The number of aromatic carboxylic acids is 1. The summed E-state index contributed by atoms with van der Waals surface area (Å²) in [5, 5.41) is 63.5. The Morgan fingerprint density at radius 3 is 2.34 bits per heavy atom. The van der Waals surface area contributed by atoms with Crippen molar-refractivity contribution < 1.29 is 82.8 Å². The van der Waals surface area contributed by atoms with Gasteiger partial charge >= 0.3 is 18.0 Å². The van der Waals surface area contributed by atoms with E-state index in [1.165, 1.54) is 16.2 Å². The maximum absolute atomic E-state index is 14.2. The Hall–Kier alpha value is -9.19. The van der Waals surface area contributed by atoms with E-state index in [9.17, 15) is 63.9 Å². The van der Waals surface area contributed by atoms with Crippen molar-refractivity contribution >= 4 is 80.1 Å². The third-order valence-electron chi connectivity index (χ3n) is 19.6. The molecule has 512 valence electrons. The molecule has 9 N–H and O–H groups in total. The molecule has 97 heavy (non-hydrogen) atoms. The van der Waals surface area contributed by atoms with Crippen LogP contribution in [0.4, 0.5) is 15.7 Å². The van der Waals surface area contributed by atoms with Crippen LogP contribution in [-0.4, -0.2) is 178 Å². The van der Waals surface area contributed by atoms with Gasteiger partial charge < -0.3 is 65.3 Å². The van der Waals surface area contributed by atoms with Crippen LogP contribution in [0.1, 0.15) is 120 Å². The number of aliphatic hydroxyl groups is 3. The smallest absolute Gasteiger partial charge is 0.410 e. The molecule has 28 heteroatoms. The summed E-state index contributed by atoms with van der Waals surface area (Å²) < 4.78 is 27.3. The number of para-hydroxylation sites is 1. The maximum Gasteiger partial charge on any atom is 0.410 e. The number of carboxylic acids is 2. The molecular formula is C69H78N10O17S. The second kappa shape index (κ2) is 27.4. The SMILES string of the molecule is Cc1c(-c2ccc(N3CCc4cccc(C(=O)Nc5nc6ccccc6s5)c4C3)nc2C(=O)O)cnn1CC12CC3(C)CC(C)(C1)CC(OCCN(CCC(N)=O)C(=O)OCc1ccc(CCCCNC(=O)CN4C(=O)C=CC4=O)cc1O[C@@H]1O[C@H](C(=O)O)[C@@H](O)[C@H](O)[C@H]1O)(C3)C2. The molecule has 27 nitrogen and oxygen atoms in total. The molecule has 7 atom stereocenters. The normalized spacial score (nSPS) is 25.5. The average Bonchev–Trinajstić information content (AvgIpc) is 1.03. The van der Waals surface area contributed by atoms with Gasteiger partial charge in [0.1, 0.15) is 43.0 Å². The average molecular weight is 1350 g/mol. The number of ether oxygens (including phenoxy) is 4. The van der Waals surface area contributed by atoms with Gasteiger partial charge in [-0.2, -0.15) is 5.10 Å². The third-order valence-corrected chi connectivity index (χ3v) is 20.5. The van der Waals surface area contributed by atoms with E-state index in [4.69, 9.17) is 34.8 Å². The van der Waals surface area contributed by atoms with Gasteiger partial charge in [0.05, 0.1) is 28.6 Å². The van der Waals surface area contributed by atoms with Gasteiger partial charge in [-0.3, -0.25) is 38.9 Å². The van der Waals surface area contributed by atoms with Crippen molar-refractivity contribution in [2.45, 2.75) is 147 Å². The number of rotatable bonds is 26. The molecule has 7 aliphatic rings. The van der Waals surface area contributed by atoms with Gasteiger partial charge in [0.25, 0.3) is 17.7 Å². The van der Waals surface area contributed by atoms with Crippen molar-refractivity contribution in [3.05, 3.63) is 130 Å². The number of aliphatic hydroxyl groups excluding tert-OH is 3. The Bertz CT molecular complexity index is 4060. The fourth-order valence-corrected chi connectivity index (χ4v) is 17.2. The van der Waals surface area contributed by atoms with E-state index < -0.39 is 91.1 Å². The summed E-state index contributed by atoms with van der Waals surface area (Å²) in [6.45, 7) is 7.31. The quantitative estimate of drug-likeness (QED) is 0.0240. The number of carbonyl (C=O) groups excluding carboxylic acids is 6. The van der Waals surface area contributed by atoms with Crippen molar-refractivity contribution in [3.8, 4) is 16.9 Å². The zero-order valence-corrected chi connectivity index (χ0v) is 54.8. The summed E-state index contributed by atoms with van der Waals surface area (Å²) in [7, 11) is 0. The van der Waals surface area contributed by atoms with Crippen LogP contribution in [0.5, 0.6) is 5.75 Å². The van der Waals surface area contributed by atoms with E-state index in [2.05, 4.69) is 29.5 Å². The highest BCUT2D eigenvalue weighted by Crippen LogP contribution is 2.72. The first-order chi connectivity index (χ1) is 46.3. The van der Waals surface area contributed by atoms with Crippen molar-refractivity contribution in [2.24, 2.45) is 22.0 Å². The number of pyridine rings is 1. The highest BCUT2D eigenvalue weighted by atomic mass is 32.1. The van der Waals surface area contributed by atoms with E-state index in [-0.39, 0.29) is 71.8 Å². The summed E-state index contributed by atoms with van der Waals surface area (Å²) >= 11 is 1.40. The molecule has 4 saturated carbocycles. The van der Waals surface area contributed by atoms with Crippen LogP contribution >= 0.6 is 11.3 Å². The van der Waals surface area contributed by atoms with E-state index in [0.29, 0.717) is 84.9 Å². The van der Waals surface area contributed by atoms with Crippen LogP contribution in [-0.2, 0) is 70.7 Å². The number of amides is 6. The topological polar surface area (TPSA) is 378 Å². The number of imide groups is 1. The summed E-state index contributed by atoms with van der Waals surface area (Å²) in [6, 6.07) is 21.8. The second-order valence-electron chi connectivity index (χ2n) is 27.4. The highest BCUT2D eigenvalue weighted by molar-refractivity contribution is 7.22. The number of fused-ring (bicyclic) bond motifs is 2. The number of benzene rings is 3. The minimum absolute atomic E-state index is 0.0110. The Morgan fingerprint density at radius 1 is 0.845 bits per heavy atom. The molecule has 13 rings (SSSR count). The van der Waals surface area contributed by atoms with Gasteiger partial charge in [0.15, 0.2) is 16.9 Å². The fraction of sp³-hybridized carbons (Fsp3) is 0.464. The lowest BCUT2D eigenvalue weighted by Crippen LogP contribution is -2.64. The number of carboxylic acid groups (broad SMARTS) is 2. The molecule has 5 fully saturated rings. The van der Waals surface area contributed by atoms with Gasteiger partial charge in [0.2, 0.25) is 18.1 Å². The lowest BCUT2D eigenvalue weighted by Gasteiger charge is -2.69. The zero-order valence-electron chi connectivity index (χ0n) is 53.9. The molecule has 3 aromatic carbocycles. The monoisotopic (exact) mass is 1350 g/mol. The van der Waals surface area contributed by atoms with Gasteiger partial charge in [-0.15, -0.1) is 0 Å².